The van der Waals surface area contributed by atoms with Gasteiger partial charge in [-0.3, -0.25) is 9.69 Å². The van der Waals surface area contributed by atoms with Gasteiger partial charge in [-0.25, -0.2) is 0 Å². The summed E-state index contributed by atoms with van der Waals surface area (Å²) in [4.78, 5) is 19.4. The highest BCUT2D eigenvalue weighted by molar-refractivity contribution is 6.33. The van der Waals surface area contributed by atoms with Crippen LogP contribution in [0.4, 0.5) is 11.4 Å². The number of para-hydroxylation sites is 2. The van der Waals surface area contributed by atoms with E-state index in [9.17, 15) is 4.79 Å². The van der Waals surface area contributed by atoms with Crippen molar-refractivity contribution in [1.82, 2.24) is 10.2 Å². The van der Waals surface area contributed by atoms with Gasteiger partial charge < -0.3 is 15.1 Å². The van der Waals surface area contributed by atoms with Gasteiger partial charge >= 0.3 is 0 Å². The van der Waals surface area contributed by atoms with Gasteiger partial charge in [0.25, 0.3) is 0 Å². The highest BCUT2D eigenvalue weighted by Crippen LogP contribution is 2.26. The molecular formula is C23H29ClN4O. The van der Waals surface area contributed by atoms with E-state index in [0.717, 1.165) is 62.9 Å². The third-order valence-corrected chi connectivity index (χ3v) is 6.25. The minimum atomic E-state index is 0.134. The van der Waals surface area contributed by atoms with Crippen molar-refractivity contribution < 1.29 is 4.79 Å². The second kappa shape index (κ2) is 9.51. The van der Waals surface area contributed by atoms with Crippen molar-refractivity contribution >= 4 is 28.9 Å². The Morgan fingerprint density at radius 3 is 2.41 bits per heavy atom. The Morgan fingerprint density at radius 1 is 0.931 bits per heavy atom. The highest BCUT2D eigenvalue weighted by atomic mass is 35.5. The third kappa shape index (κ3) is 5.22. The molecular weight excluding hydrogens is 384 g/mol. The van der Waals surface area contributed by atoms with Crippen molar-refractivity contribution in [2.45, 2.75) is 6.42 Å². The van der Waals surface area contributed by atoms with Crippen molar-refractivity contribution in [3.05, 3.63) is 59.6 Å². The lowest BCUT2D eigenvalue weighted by molar-refractivity contribution is -0.122. The molecule has 0 bridgehead atoms. The highest BCUT2D eigenvalue weighted by Gasteiger charge is 2.24. The van der Waals surface area contributed by atoms with E-state index in [1.807, 2.05) is 24.3 Å². The summed E-state index contributed by atoms with van der Waals surface area (Å²) in [5.74, 6) is 0.658. The summed E-state index contributed by atoms with van der Waals surface area (Å²) in [6, 6.07) is 18.5. The van der Waals surface area contributed by atoms with Gasteiger partial charge in [-0.1, -0.05) is 41.9 Å². The van der Waals surface area contributed by atoms with Crippen LogP contribution in [0.1, 0.15) is 6.42 Å². The van der Waals surface area contributed by atoms with Crippen LogP contribution in [0.3, 0.4) is 0 Å². The molecule has 0 saturated carbocycles. The number of piperazine rings is 1. The Morgan fingerprint density at radius 2 is 1.66 bits per heavy atom. The zero-order valence-corrected chi connectivity index (χ0v) is 17.5. The molecule has 1 atom stereocenters. The second-order valence-corrected chi connectivity index (χ2v) is 8.36. The van der Waals surface area contributed by atoms with Crippen molar-refractivity contribution in [1.29, 1.82) is 0 Å². The van der Waals surface area contributed by atoms with Crippen LogP contribution in [-0.4, -0.2) is 63.2 Å². The number of rotatable bonds is 6. The number of halogens is 1. The smallest absolute Gasteiger partial charge is 0.234 e. The van der Waals surface area contributed by atoms with E-state index in [2.05, 4.69) is 50.3 Å². The summed E-state index contributed by atoms with van der Waals surface area (Å²) in [7, 11) is 0. The van der Waals surface area contributed by atoms with Gasteiger partial charge in [0, 0.05) is 51.5 Å². The van der Waals surface area contributed by atoms with Crippen LogP contribution >= 0.6 is 11.6 Å². The quantitative estimate of drug-likeness (QED) is 0.791. The van der Waals surface area contributed by atoms with E-state index < -0.39 is 0 Å². The van der Waals surface area contributed by atoms with Crippen molar-refractivity contribution in [3.63, 3.8) is 0 Å². The molecule has 0 spiro atoms. The molecule has 2 heterocycles. The van der Waals surface area contributed by atoms with E-state index in [1.165, 1.54) is 5.69 Å². The number of hydrogen-bond donors (Lipinski definition) is 1. The Balaban J connectivity index is 1.17. The first-order valence-electron chi connectivity index (χ1n) is 10.5. The van der Waals surface area contributed by atoms with Crippen molar-refractivity contribution in [3.8, 4) is 0 Å². The van der Waals surface area contributed by atoms with E-state index in [1.54, 1.807) is 0 Å². The molecule has 154 valence electrons. The molecule has 6 heteroatoms. The number of amides is 1. The van der Waals surface area contributed by atoms with Gasteiger partial charge in [0.15, 0.2) is 0 Å². The van der Waals surface area contributed by atoms with Gasteiger partial charge in [-0.05, 0) is 36.6 Å². The van der Waals surface area contributed by atoms with Gasteiger partial charge in [0.1, 0.15) is 0 Å². The van der Waals surface area contributed by atoms with Crippen LogP contribution in [0, 0.1) is 5.92 Å². The average molecular weight is 413 g/mol. The van der Waals surface area contributed by atoms with Crippen LogP contribution in [0.5, 0.6) is 0 Å². The van der Waals surface area contributed by atoms with Crippen molar-refractivity contribution in [2.24, 2.45) is 5.92 Å². The molecule has 0 aliphatic carbocycles. The van der Waals surface area contributed by atoms with Crippen molar-refractivity contribution in [2.75, 3.05) is 62.2 Å². The number of nitrogens with zero attached hydrogens (tertiary/aromatic N) is 3. The first kappa shape index (κ1) is 20.0. The van der Waals surface area contributed by atoms with E-state index >= 15 is 0 Å². The van der Waals surface area contributed by atoms with Crippen LogP contribution in [0.15, 0.2) is 54.6 Å². The standard InChI is InChI=1S/C23H29ClN4O/c24-21-8-4-5-9-22(21)27-14-12-26(13-15-27)18-23(29)25-16-19-10-11-28(17-19)20-6-2-1-3-7-20/h1-9,19H,10-18H2,(H,25,29)/t19-/m0/s1. The summed E-state index contributed by atoms with van der Waals surface area (Å²) in [6.07, 6.45) is 1.13. The predicted molar refractivity (Wildman–Crippen MR) is 120 cm³/mol. The topological polar surface area (TPSA) is 38.8 Å². The Bertz CT molecular complexity index is 808. The summed E-state index contributed by atoms with van der Waals surface area (Å²) >= 11 is 6.31. The predicted octanol–water partition coefficient (Wildman–Crippen LogP) is 3.10. The number of carbonyl (C=O) groups excluding carboxylic acids is 1. The summed E-state index contributed by atoms with van der Waals surface area (Å²) in [5.41, 5.74) is 2.36. The lowest BCUT2D eigenvalue weighted by atomic mass is 10.1. The zero-order chi connectivity index (χ0) is 20.1. The van der Waals surface area contributed by atoms with Gasteiger partial charge in [0.2, 0.25) is 5.91 Å². The molecule has 29 heavy (non-hydrogen) atoms. The largest absolute Gasteiger partial charge is 0.371 e. The van der Waals surface area contributed by atoms with Crippen LogP contribution in [-0.2, 0) is 4.79 Å². The molecule has 2 aromatic carbocycles. The molecule has 0 unspecified atom stereocenters. The third-order valence-electron chi connectivity index (χ3n) is 5.93. The molecule has 2 aromatic rings. The molecule has 1 amide bonds. The first-order valence-corrected chi connectivity index (χ1v) is 10.9. The molecule has 5 nitrogen and oxygen atoms in total. The minimum Gasteiger partial charge on any atom is -0.371 e. The van der Waals surface area contributed by atoms with Crippen LogP contribution < -0.4 is 15.1 Å². The van der Waals surface area contributed by atoms with E-state index in [4.69, 9.17) is 11.6 Å². The van der Waals surface area contributed by atoms with Crippen LogP contribution in [0.25, 0.3) is 0 Å². The van der Waals surface area contributed by atoms with Gasteiger partial charge in [-0.2, -0.15) is 0 Å². The summed E-state index contributed by atoms with van der Waals surface area (Å²) in [6.45, 7) is 6.87. The Hall–Kier alpha value is -2.24. The molecule has 1 N–H and O–H groups in total. The second-order valence-electron chi connectivity index (χ2n) is 7.95. The zero-order valence-electron chi connectivity index (χ0n) is 16.8. The van der Waals surface area contributed by atoms with E-state index in [0.29, 0.717) is 12.5 Å². The lowest BCUT2D eigenvalue weighted by Crippen LogP contribution is -2.50. The van der Waals surface area contributed by atoms with E-state index in [-0.39, 0.29) is 5.91 Å². The molecule has 2 fully saturated rings. The molecule has 4 rings (SSSR count). The van der Waals surface area contributed by atoms with Gasteiger partial charge in [0.05, 0.1) is 17.3 Å². The number of anilines is 2. The lowest BCUT2D eigenvalue weighted by Gasteiger charge is -2.36. The number of hydrogen-bond acceptors (Lipinski definition) is 4. The summed E-state index contributed by atoms with van der Waals surface area (Å²) < 4.78 is 0. The Labute approximate surface area is 178 Å². The molecule has 2 aliphatic rings. The first-order chi connectivity index (χ1) is 14.2. The maximum atomic E-state index is 12.4. The fourth-order valence-electron chi connectivity index (χ4n) is 4.24. The number of carbonyl (C=O) groups is 1. The van der Waals surface area contributed by atoms with Gasteiger partial charge in [-0.15, -0.1) is 0 Å². The summed E-state index contributed by atoms with van der Waals surface area (Å²) in [5, 5.41) is 3.95. The fraction of sp³-hybridized carbons (Fsp3) is 0.435. The minimum absolute atomic E-state index is 0.134. The molecule has 0 aromatic heterocycles. The number of benzene rings is 2. The molecule has 2 saturated heterocycles. The molecule has 0 radical (unpaired) electrons. The normalized spacial score (nSPS) is 20.1. The Kier molecular flexibility index (Phi) is 6.57. The number of nitrogens with one attached hydrogen (secondary N) is 1. The fourth-order valence-corrected chi connectivity index (χ4v) is 4.50. The molecule has 2 aliphatic heterocycles. The van der Waals surface area contributed by atoms with Crippen LogP contribution in [0.2, 0.25) is 5.02 Å². The monoisotopic (exact) mass is 412 g/mol. The SMILES string of the molecule is O=C(CN1CCN(c2ccccc2Cl)CC1)NC[C@@H]1CCN(c2ccccc2)C1. The maximum absolute atomic E-state index is 12.4. The maximum Gasteiger partial charge on any atom is 0.234 e. The average Bonchev–Trinajstić information content (AvgIpc) is 3.23.